The topological polar surface area (TPSA) is 46.0 Å². The smallest absolute Gasteiger partial charge is 0.153 e. The number of pyridine rings is 1. The second-order valence-electron chi connectivity index (χ2n) is 5.37. The molecule has 0 spiro atoms. The fraction of sp³-hybridized carbons (Fsp3) is 0.467. The number of aromatic nitrogens is 3. The Kier molecular flexibility index (Phi) is 3.97. The third kappa shape index (κ3) is 2.99. The van der Waals surface area contributed by atoms with Gasteiger partial charge in [0.05, 0.1) is 11.9 Å². The number of likely N-dealkylation sites (N-methyl/N-ethyl adjacent to an activating group) is 1. The number of rotatable bonds is 4. The Labute approximate surface area is 119 Å². The molecule has 3 rings (SSSR count). The summed E-state index contributed by atoms with van der Waals surface area (Å²) < 4.78 is 1.76. The largest absolute Gasteiger partial charge is 0.382 e. The average molecular weight is 271 g/mol. The molecule has 3 heterocycles. The van der Waals surface area contributed by atoms with Gasteiger partial charge in [-0.15, -0.1) is 0 Å². The van der Waals surface area contributed by atoms with Crippen LogP contribution in [0.2, 0.25) is 0 Å². The van der Waals surface area contributed by atoms with Crippen LogP contribution in [-0.2, 0) is 0 Å². The molecule has 0 radical (unpaired) electrons. The molecule has 2 aromatic heterocycles. The summed E-state index contributed by atoms with van der Waals surface area (Å²) in [6.07, 6.45) is 9.47. The van der Waals surface area contributed by atoms with E-state index >= 15 is 0 Å². The van der Waals surface area contributed by atoms with E-state index in [0.717, 1.165) is 18.1 Å². The summed E-state index contributed by atoms with van der Waals surface area (Å²) in [4.78, 5) is 6.87. The van der Waals surface area contributed by atoms with Gasteiger partial charge in [-0.05, 0) is 44.6 Å². The number of anilines is 1. The normalized spacial score (nSPS) is 19.9. The van der Waals surface area contributed by atoms with Gasteiger partial charge in [0.15, 0.2) is 5.82 Å². The Morgan fingerprint density at radius 2 is 2.30 bits per heavy atom. The third-order valence-electron chi connectivity index (χ3n) is 3.95. The van der Waals surface area contributed by atoms with Crippen molar-refractivity contribution in [2.24, 2.45) is 0 Å². The molecule has 1 aliphatic rings. The number of hydrogen-bond donors (Lipinski definition) is 1. The molecule has 5 nitrogen and oxygen atoms in total. The van der Waals surface area contributed by atoms with Crippen LogP contribution in [-0.4, -0.2) is 45.8 Å². The van der Waals surface area contributed by atoms with Crippen LogP contribution >= 0.6 is 0 Å². The number of piperidine rings is 1. The lowest BCUT2D eigenvalue weighted by atomic mass is 10.0. The maximum atomic E-state index is 4.43. The first-order valence-corrected chi connectivity index (χ1v) is 7.23. The molecule has 0 aliphatic carbocycles. The lowest BCUT2D eigenvalue weighted by molar-refractivity contribution is 0.194. The van der Waals surface area contributed by atoms with Crippen molar-refractivity contribution in [1.82, 2.24) is 19.7 Å². The van der Waals surface area contributed by atoms with Crippen LogP contribution in [0, 0.1) is 0 Å². The highest BCUT2D eigenvalue weighted by Gasteiger charge is 2.18. The summed E-state index contributed by atoms with van der Waals surface area (Å²) in [5.41, 5.74) is 1.07. The monoisotopic (exact) mass is 271 g/mol. The zero-order valence-electron chi connectivity index (χ0n) is 11.9. The van der Waals surface area contributed by atoms with E-state index in [0.29, 0.717) is 6.04 Å². The van der Waals surface area contributed by atoms with Crippen molar-refractivity contribution in [3.05, 3.63) is 36.8 Å². The van der Waals surface area contributed by atoms with Gasteiger partial charge in [0.2, 0.25) is 0 Å². The maximum Gasteiger partial charge on any atom is 0.153 e. The molecule has 1 unspecified atom stereocenters. The van der Waals surface area contributed by atoms with Gasteiger partial charge in [0, 0.05) is 25.0 Å². The van der Waals surface area contributed by atoms with E-state index in [9.17, 15) is 0 Å². The van der Waals surface area contributed by atoms with Gasteiger partial charge in [0.25, 0.3) is 0 Å². The summed E-state index contributed by atoms with van der Waals surface area (Å²) in [7, 11) is 2.21. The molecular weight excluding hydrogens is 250 g/mol. The van der Waals surface area contributed by atoms with Crippen molar-refractivity contribution in [1.29, 1.82) is 0 Å². The number of hydrogen-bond acceptors (Lipinski definition) is 4. The molecule has 0 amide bonds. The van der Waals surface area contributed by atoms with Crippen molar-refractivity contribution in [3.8, 4) is 5.82 Å². The Hall–Kier alpha value is -1.88. The van der Waals surface area contributed by atoms with E-state index in [1.165, 1.54) is 25.8 Å². The lowest BCUT2D eigenvalue weighted by Gasteiger charge is -2.32. The molecule has 1 aliphatic heterocycles. The van der Waals surface area contributed by atoms with E-state index in [1.54, 1.807) is 10.9 Å². The summed E-state index contributed by atoms with van der Waals surface area (Å²) in [5, 5.41) is 7.66. The standard InChI is InChI=1S/C15H21N5/c1-19-9-3-2-5-14(19)12-16-13-6-7-15(17-11-13)20-10-4-8-18-20/h4,6-8,10-11,14,16H,2-3,5,9,12H2,1H3. The zero-order valence-corrected chi connectivity index (χ0v) is 11.9. The second-order valence-corrected chi connectivity index (χ2v) is 5.37. The molecule has 1 fully saturated rings. The number of likely N-dealkylation sites (tertiary alicyclic amines) is 1. The molecule has 2 aromatic rings. The van der Waals surface area contributed by atoms with Crippen LogP contribution in [0.4, 0.5) is 5.69 Å². The fourth-order valence-electron chi connectivity index (χ4n) is 2.67. The van der Waals surface area contributed by atoms with Crippen LogP contribution < -0.4 is 5.32 Å². The Morgan fingerprint density at radius 3 is 3.00 bits per heavy atom. The summed E-state index contributed by atoms with van der Waals surface area (Å²) in [6.45, 7) is 2.20. The van der Waals surface area contributed by atoms with Gasteiger partial charge >= 0.3 is 0 Å². The van der Waals surface area contributed by atoms with Crippen LogP contribution in [0.5, 0.6) is 0 Å². The molecule has 0 aromatic carbocycles. The van der Waals surface area contributed by atoms with Gasteiger partial charge in [-0.1, -0.05) is 6.42 Å². The Bertz CT molecular complexity index is 520. The number of nitrogens with zero attached hydrogens (tertiary/aromatic N) is 4. The zero-order chi connectivity index (χ0) is 13.8. The van der Waals surface area contributed by atoms with Crippen LogP contribution in [0.3, 0.4) is 0 Å². The molecule has 1 N–H and O–H groups in total. The summed E-state index contributed by atoms with van der Waals surface area (Å²) >= 11 is 0. The molecule has 5 heteroatoms. The highest BCUT2D eigenvalue weighted by molar-refractivity contribution is 5.43. The quantitative estimate of drug-likeness (QED) is 0.925. The fourth-order valence-corrected chi connectivity index (χ4v) is 2.67. The molecule has 0 saturated carbocycles. The van der Waals surface area contributed by atoms with Crippen molar-refractivity contribution in [2.75, 3.05) is 25.5 Å². The van der Waals surface area contributed by atoms with E-state index < -0.39 is 0 Å². The molecule has 0 bridgehead atoms. The highest BCUT2D eigenvalue weighted by atomic mass is 15.3. The van der Waals surface area contributed by atoms with Crippen molar-refractivity contribution < 1.29 is 0 Å². The minimum absolute atomic E-state index is 0.634. The highest BCUT2D eigenvalue weighted by Crippen LogP contribution is 2.16. The Morgan fingerprint density at radius 1 is 1.35 bits per heavy atom. The number of nitrogens with one attached hydrogen (secondary N) is 1. The van der Waals surface area contributed by atoms with E-state index in [4.69, 9.17) is 0 Å². The van der Waals surface area contributed by atoms with E-state index in [-0.39, 0.29) is 0 Å². The van der Waals surface area contributed by atoms with Gasteiger partial charge < -0.3 is 10.2 Å². The maximum absolute atomic E-state index is 4.43. The first-order valence-electron chi connectivity index (χ1n) is 7.23. The molecule has 20 heavy (non-hydrogen) atoms. The second kappa shape index (κ2) is 6.05. The Balaban J connectivity index is 1.58. The van der Waals surface area contributed by atoms with Gasteiger partial charge in [0.1, 0.15) is 0 Å². The van der Waals surface area contributed by atoms with Crippen LogP contribution in [0.25, 0.3) is 5.82 Å². The van der Waals surface area contributed by atoms with E-state index in [2.05, 4.69) is 33.4 Å². The first-order chi connectivity index (χ1) is 9.83. The summed E-state index contributed by atoms with van der Waals surface area (Å²) in [5.74, 6) is 0.843. The average Bonchev–Trinajstić information content (AvgIpc) is 3.01. The molecule has 1 atom stereocenters. The lowest BCUT2D eigenvalue weighted by Crippen LogP contribution is -2.40. The molecular formula is C15H21N5. The van der Waals surface area contributed by atoms with Gasteiger partial charge in [-0.3, -0.25) is 0 Å². The van der Waals surface area contributed by atoms with Crippen molar-refractivity contribution in [3.63, 3.8) is 0 Å². The van der Waals surface area contributed by atoms with Crippen LogP contribution in [0.1, 0.15) is 19.3 Å². The summed E-state index contributed by atoms with van der Waals surface area (Å²) in [6, 6.07) is 6.58. The van der Waals surface area contributed by atoms with Crippen LogP contribution in [0.15, 0.2) is 36.8 Å². The molecule has 106 valence electrons. The van der Waals surface area contributed by atoms with Crippen molar-refractivity contribution >= 4 is 5.69 Å². The predicted octanol–water partition coefficient (Wildman–Crippen LogP) is 2.16. The van der Waals surface area contributed by atoms with E-state index in [1.807, 2.05) is 24.5 Å². The predicted molar refractivity (Wildman–Crippen MR) is 80.1 cm³/mol. The molecule has 1 saturated heterocycles. The third-order valence-corrected chi connectivity index (χ3v) is 3.95. The van der Waals surface area contributed by atoms with Crippen molar-refractivity contribution in [2.45, 2.75) is 25.3 Å². The van der Waals surface area contributed by atoms with Gasteiger partial charge in [-0.25, -0.2) is 9.67 Å². The minimum Gasteiger partial charge on any atom is -0.382 e. The van der Waals surface area contributed by atoms with Gasteiger partial charge in [-0.2, -0.15) is 5.10 Å². The SMILES string of the molecule is CN1CCCCC1CNc1ccc(-n2cccn2)nc1. The minimum atomic E-state index is 0.634. The first kappa shape index (κ1) is 13.1.